The molecule has 0 aliphatic carbocycles. The maximum atomic E-state index is 11.1. The van der Waals surface area contributed by atoms with Gasteiger partial charge in [-0.25, -0.2) is 0 Å². The van der Waals surface area contributed by atoms with Crippen LogP contribution in [0.3, 0.4) is 0 Å². The molecule has 0 bridgehead atoms. The van der Waals surface area contributed by atoms with Crippen LogP contribution in [0.1, 0.15) is 28.4 Å². The highest BCUT2D eigenvalue weighted by Crippen LogP contribution is 2.17. The second kappa shape index (κ2) is 13.5. The molecule has 0 saturated carbocycles. The molecule has 0 saturated heterocycles. The third-order valence-electron chi connectivity index (χ3n) is 6.42. The van der Waals surface area contributed by atoms with Gasteiger partial charge in [0.1, 0.15) is 0 Å². The molecule has 6 aromatic rings. The van der Waals surface area contributed by atoms with Crippen molar-refractivity contribution in [3.63, 3.8) is 0 Å². The fraction of sp³-hybridized carbons (Fsp3) is 0.0833. The van der Waals surface area contributed by atoms with Gasteiger partial charge in [0.05, 0.1) is 18.9 Å². The molecule has 4 heteroatoms. The second-order valence-corrected chi connectivity index (χ2v) is 9.39. The van der Waals surface area contributed by atoms with E-state index in [4.69, 9.17) is 10.4 Å². The quantitative estimate of drug-likeness (QED) is 0.235. The molecule has 1 N–H and O–H groups in total. The average Bonchev–Trinajstić information content (AvgIpc) is 2.97. The zero-order chi connectivity index (χ0) is 28.3. The minimum atomic E-state index is -0.791. The van der Waals surface area contributed by atoms with Gasteiger partial charge in [-0.15, -0.1) is 0 Å². The zero-order valence-electron chi connectivity index (χ0n) is 22.2. The van der Waals surface area contributed by atoms with E-state index in [-0.39, 0.29) is 12.2 Å². The minimum absolute atomic E-state index is 0.0881. The van der Waals surface area contributed by atoms with Gasteiger partial charge in [0.15, 0.2) is 5.78 Å². The third kappa shape index (κ3) is 7.63. The summed E-state index contributed by atoms with van der Waals surface area (Å²) >= 11 is 0. The Morgan fingerprint density at radius 3 is 1.50 bits per heavy atom. The van der Waals surface area contributed by atoms with Crippen LogP contribution in [0.4, 0.5) is 0 Å². The molecule has 0 fully saturated rings. The first-order valence-electron chi connectivity index (χ1n) is 13.0. The van der Waals surface area contributed by atoms with E-state index < -0.39 is 5.97 Å². The number of nitrogens with zero attached hydrogens (tertiary/aromatic N) is 1. The Morgan fingerprint density at radius 2 is 1.02 bits per heavy atom. The molecule has 0 radical (unpaired) electrons. The van der Waals surface area contributed by atoms with Crippen molar-refractivity contribution < 1.29 is 14.7 Å². The van der Waals surface area contributed by atoms with Crippen molar-refractivity contribution in [1.29, 1.82) is 5.26 Å². The summed E-state index contributed by atoms with van der Waals surface area (Å²) in [5, 5.41) is 24.1. The zero-order valence-corrected chi connectivity index (χ0v) is 22.2. The molecule has 196 valence electrons. The number of carbonyl (C=O) groups excluding carboxylic acids is 1. The predicted molar refractivity (Wildman–Crippen MR) is 163 cm³/mol. The molecule has 6 rings (SSSR count). The van der Waals surface area contributed by atoms with E-state index in [2.05, 4.69) is 30.3 Å². The van der Waals surface area contributed by atoms with Crippen LogP contribution in [-0.4, -0.2) is 16.9 Å². The van der Waals surface area contributed by atoms with Gasteiger partial charge in [0.25, 0.3) is 0 Å². The number of Topliss-reactive ketones (excluding diaryl/α,β-unsaturated/α-hetero) is 1. The smallest absolute Gasteiger partial charge is 0.307 e. The molecule has 0 heterocycles. The number of aliphatic carboxylic acids is 1. The van der Waals surface area contributed by atoms with E-state index in [0.29, 0.717) is 6.42 Å². The lowest BCUT2D eigenvalue weighted by atomic mass is 10.1. The molecule has 6 aromatic carbocycles. The lowest BCUT2D eigenvalue weighted by Gasteiger charge is -2.00. The summed E-state index contributed by atoms with van der Waals surface area (Å²) in [6, 6.07) is 43.9. The van der Waals surface area contributed by atoms with Crippen LogP contribution < -0.4 is 0 Å². The standard InChI is InChI=1S/C12H9N.C12H10O2.C12H10O/c13-8-7-10-5-6-11-3-1-2-4-12(11)9-10;13-12(14)8-9-5-6-10-3-1-2-4-11(10)7-9;1-9(13)11-7-6-10-4-2-3-5-12(10)8-11/h1-6,9H,7H2;1-7H,8H2,(H,13,14);2-8H,1H3. The van der Waals surface area contributed by atoms with E-state index in [1.807, 2.05) is 103 Å². The molecule has 40 heavy (non-hydrogen) atoms. The normalized spacial score (nSPS) is 10.1. The largest absolute Gasteiger partial charge is 0.481 e. The first-order valence-corrected chi connectivity index (χ1v) is 13.0. The van der Waals surface area contributed by atoms with E-state index in [1.54, 1.807) is 6.92 Å². The Kier molecular flexibility index (Phi) is 9.37. The van der Waals surface area contributed by atoms with Crippen molar-refractivity contribution in [1.82, 2.24) is 0 Å². The van der Waals surface area contributed by atoms with Crippen LogP contribution in [0.15, 0.2) is 127 Å². The number of nitriles is 1. The number of carboxylic acid groups (broad SMARTS) is 1. The summed E-state index contributed by atoms with van der Waals surface area (Å²) in [7, 11) is 0. The van der Waals surface area contributed by atoms with Crippen molar-refractivity contribution in [2.24, 2.45) is 0 Å². The molecule has 4 nitrogen and oxygen atoms in total. The summed E-state index contributed by atoms with van der Waals surface area (Å²) in [6.45, 7) is 1.59. The molecule has 0 aromatic heterocycles. The number of carbonyl (C=O) groups is 2. The van der Waals surface area contributed by atoms with Crippen LogP contribution in [0.2, 0.25) is 0 Å². The number of rotatable bonds is 4. The number of ketones is 1. The Hall–Kier alpha value is -5.27. The maximum absolute atomic E-state index is 11.1. The summed E-state index contributed by atoms with van der Waals surface area (Å²) < 4.78 is 0. The molecule has 0 spiro atoms. The average molecular weight is 524 g/mol. The van der Waals surface area contributed by atoms with Crippen molar-refractivity contribution in [2.45, 2.75) is 19.8 Å². The highest BCUT2D eigenvalue weighted by atomic mass is 16.4. The van der Waals surface area contributed by atoms with E-state index in [0.717, 1.165) is 32.8 Å². The van der Waals surface area contributed by atoms with Gasteiger partial charge in [-0.2, -0.15) is 5.26 Å². The fourth-order valence-electron chi connectivity index (χ4n) is 4.37. The highest BCUT2D eigenvalue weighted by Gasteiger charge is 2.01. The van der Waals surface area contributed by atoms with Crippen LogP contribution in [0.5, 0.6) is 0 Å². The van der Waals surface area contributed by atoms with Crippen LogP contribution in [-0.2, 0) is 17.6 Å². The molecular weight excluding hydrogens is 494 g/mol. The van der Waals surface area contributed by atoms with Crippen LogP contribution >= 0.6 is 0 Å². The number of hydrogen-bond donors (Lipinski definition) is 1. The Morgan fingerprint density at radius 1 is 0.600 bits per heavy atom. The number of fused-ring (bicyclic) bond motifs is 3. The van der Waals surface area contributed by atoms with Gasteiger partial charge in [0, 0.05) is 5.56 Å². The van der Waals surface area contributed by atoms with E-state index >= 15 is 0 Å². The summed E-state index contributed by atoms with van der Waals surface area (Å²) in [6.07, 6.45) is 0.579. The lowest BCUT2D eigenvalue weighted by molar-refractivity contribution is -0.136. The lowest BCUT2D eigenvalue weighted by Crippen LogP contribution is -1.99. The van der Waals surface area contributed by atoms with Crippen molar-refractivity contribution in [3.8, 4) is 6.07 Å². The first kappa shape index (κ1) is 27.8. The van der Waals surface area contributed by atoms with Crippen LogP contribution in [0, 0.1) is 11.3 Å². The summed E-state index contributed by atoms with van der Waals surface area (Å²) in [5.41, 5.74) is 2.70. The summed E-state index contributed by atoms with van der Waals surface area (Å²) in [4.78, 5) is 21.6. The highest BCUT2D eigenvalue weighted by molar-refractivity contribution is 5.98. The number of hydrogen-bond acceptors (Lipinski definition) is 3. The molecule has 0 aliphatic heterocycles. The molecule has 0 aliphatic rings. The molecular formula is C36H29NO3. The summed E-state index contributed by atoms with van der Waals surface area (Å²) in [5.74, 6) is -0.675. The van der Waals surface area contributed by atoms with Crippen molar-refractivity contribution in [2.75, 3.05) is 0 Å². The topological polar surface area (TPSA) is 78.2 Å². The Balaban J connectivity index is 0.000000139. The SMILES string of the molecule is CC(=O)c1ccc2ccccc2c1.N#CCc1ccc2ccccc2c1.O=C(O)Cc1ccc2ccccc2c1. The van der Waals surface area contributed by atoms with E-state index in [1.165, 1.54) is 16.2 Å². The van der Waals surface area contributed by atoms with Gasteiger partial charge < -0.3 is 5.11 Å². The predicted octanol–water partition coefficient (Wildman–Crippen LogP) is 8.42. The van der Waals surface area contributed by atoms with Crippen molar-refractivity contribution >= 4 is 44.1 Å². The second-order valence-electron chi connectivity index (χ2n) is 9.39. The molecule has 0 atom stereocenters. The van der Waals surface area contributed by atoms with Gasteiger partial charge in [-0.05, 0) is 56.4 Å². The maximum Gasteiger partial charge on any atom is 0.307 e. The van der Waals surface area contributed by atoms with Crippen molar-refractivity contribution in [3.05, 3.63) is 144 Å². The van der Waals surface area contributed by atoms with Crippen LogP contribution in [0.25, 0.3) is 32.3 Å². The number of carboxylic acids is 1. The Bertz CT molecular complexity index is 1830. The third-order valence-corrected chi connectivity index (χ3v) is 6.42. The first-order chi connectivity index (χ1) is 19.4. The van der Waals surface area contributed by atoms with E-state index in [9.17, 15) is 9.59 Å². The minimum Gasteiger partial charge on any atom is -0.481 e. The van der Waals surface area contributed by atoms with Gasteiger partial charge >= 0.3 is 5.97 Å². The van der Waals surface area contributed by atoms with Gasteiger partial charge in [0.2, 0.25) is 0 Å². The fourth-order valence-corrected chi connectivity index (χ4v) is 4.37. The Labute approximate surface area is 233 Å². The molecule has 0 amide bonds. The number of benzene rings is 6. The molecule has 0 unspecified atom stereocenters. The van der Waals surface area contributed by atoms with Gasteiger partial charge in [-0.1, -0.05) is 121 Å². The van der Waals surface area contributed by atoms with Gasteiger partial charge in [-0.3, -0.25) is 9.59 Å². The monoisotopic (exact) mass is 523 g/mol.